The normalized spacial score (nSPS) is 18.7. The molecule has 0 spiro atoms. The van der Waals surface area contributed by atoms with E-state index in [4.69, 9.17) is 14.2 Å². The van der Waals surface area contributed by atoms with Crippen molar-refractivity contribution >= 4 is 11.9 Å². The van der Waals surface area contributed by atoms with Gasteiger partial charge in [-0.1, -0.05) is 0 Å². The van der Waals surface area contributed by atoms with Crippen LogP contribution in [0.25, 0.3) is 0 Å². The van der Waals surface area contributed by atoms with Gasteiger partial charge in [0.05, 0.1) is 38.3 Å². The van der Waals surface area contributed by atoms with Crippen LogP contribution in [0.1, 0.15) is 31.1 Å². The summed E-state index contributed by atoms with van der Waals surface area (Å²) in [5.41, 5.74) is -0.343. The molecule has 0 bridgehead atoms. The second-order valence-electron chi connectivity index (χ2n) is 6.76. The van der Waals surface area contributed by atoms with Crippen LogP contribution >= 0.6 is 0 Å². The molecular formula is C17H22N4O5. The minimum atomic E-state index is -1.28. The molecule has 9 nitrogen and oxygen atoms in total. The highest BCUT2D eigenvalue weighted by atomic mass is 16.6. The zero-order valence-corrected chi connectivity index (χ0v) is 15.0. The van der Waals surface area contributed by atoms with Gasteiger partial charge in [-0.2, -0.15) is 15.5 Å². The number of ketones is 1. The summed E-state index contributed by atoms with van der Waals surface area (Å²) in [6, 6.07) is 3.29. The molecule has 9 heteroatoms. The minimum absolute atomic E-state index is 0.00176. The molecule has 0 aromatic carbocycles. The molecule has 1 amide bonds. The van der Waals surface area contributed by atoms with Crippen LogP contribution in [0.3, 0.4) is 0 Å². The lowest BCUT2D eigenvalue weighted by molar-refractivity contribution is -0.0758. The zero-order chi connectivity index (χ0) is 19.2. The van der Waals surface area contributed by atoms with Gasteiger partial charge in [0.2, 0.25) is 11.9 Å². The minimum Gasteiger partial charge on any atom is -0.444 e. The third-order valence-electron chi connectivity index (χ3n) is 3.46. The molecule has 1 fully saturated rings. The Hall–Kier alpha value is -2.57. The number of ether oxygens (including phenoxy) is 3. The highest BCUT2D eigenvalue weighted by Gasteiger charge is 2.30. The van der Waals surface area contributed by atoms with Crippen molar-refractivity contribution in [3.05, 3.63) is 24.0 Å². The number of amides is 1. The fourth-order valence-corrected chi connectivity index (χ4v) is 2.28. The van der Waals surface area contributed by atoms with Gasteiger partial charge in [0.25, 0.3) is 0 Å². The van der Waals surface area contributed by atoms with E-state index in [2.05, 4.69) is 10.2 Å². The van der Waals surface area contributed by atoms with Crippen molar-refractivity contribution in [3.8, 4) is 6.07 Å². The van der Waals surface area contributed by atoms with Crippen LogP contribution in [-0.4, -0.2) is 71.1 Å². The lowest BCUT2D eigenvalue weighted by Crippen LogP contribution is -2.49. The second kappa shape index (κ2) is 8.69. The van der Waals surface area contributed by atoms with Crippen molar-refractivity contribution in [1.82, 2.24) is 15.1 Å². The number of morpholine rings is 1. The summed E-state index contributed by atoms with van der Waals surface area (Å²) in [6.45, 7) is 6.39. The van der Waals surface area contributed by atoms with Gasteiger partial charge < -0.3 is 19.1 Å². The number of rotatable bonds is 5. The van der Waals surface area contributed by atoms with Gasteiger partial charge in [-0.3, -0.25) is 4.79 Å². The topological polar surface area (TPSA) is 115 Å². The molecule has 0 N–H and O–H groups in total. The monoisotopic (exact) mass is 362 g/mol. The average Bonchev–Trinajstić information content (AvgIpc) is 2.61. The largest absolute Gasteiger partial charge is 0.444 e. The van der Waals surface area contributed by atoms with E-state index in [0.29, 0.717) is 13.2 Å². The molecule has 26 heavy (non-hydrogen) atoms. The molecule has 2 atom stereocenters. The highest BCUT2D eigenvalue weighted by molar-refractivity contribution is 6.00. The quantitative estimate of drug-likeness (QED) is 0.718. The summed E-state index contributed by atoms with van der Waals surface area (Å²) in [5.74, 6) is -0.498. The van der Waals surface area contributed by atoms with Gasteiger partial charge in [-0.25, -0.2) is 4.79 Å². The third-order valence-corrected chi connectivity index (χ3v) is 3.46. The molecule has 140 valence electrons. The number of nitriles is 1. The van der Waals surface area contributed by atoms with Gasteiger partial charge in [0, 0.05) is 12.1 Å². The Kier molecular flexibility index (Phi) is 6.60. The maximum atomic E-state index is 12.2. The van der Waals surface area contributed by atoms with E-state index in [-0.39, 0.29) is 18.7 Å². The van der Waals surface area contributed by atoms with Crippen LogP contribution in [0.15, 0.2) is 18.5 Å². The Bertz CT molecular complexity index is 668. The molecular weight excluding hydrogens is 340 g/mol. The summed E-state index contributed by atoms with van der Waals surface area (Å²) >= 11 is 0. The molecule has 1 saturated heterocycles. The summed E-state index contributed by atoms with van der Waals surface area (Å²) in [5, 5.41) is 16.4. The van der Waals surface area contributed by atoms with E-state index in [1.54, 1.807) is 20.8 Å². The Morgan fingerprint density at radius 1 is 1.46 bits per heavy atom. The third kappa shape index (κ3) is 5.75. The van der Waals surface area contributed by atoms with Crippen LogP contribution in [0.5, 0.6) is 0 Å². The van der Waals surface area contributed by atoms with E-state index < -0.39 is 29.7 Å². The number of carbonyl (C=O) groups is 2. The number of Topliss-reactive ketones (excluding diaryl/α,β-unsaturated/α-hetero) is 1. The number of hydrogen-bond donors (Lipinski definition) is 0. The first kappa shape index (κ1) is 19.8. The van der Waals surface area contributed by atoms with Crippen molar-refractivity contribution in [2.45, 2.75) is 38.6 Å². The zero-order valence-electron chi connectivity index (χ0n) is 15.0. The van der Waals surface area contributed by atoms with Crippen molar-refractivity contribution in [1.29, 1.82) is 5.26 Å². The molecule has 2 heterocycles. The Morgan fingerprint density at radius 3 is 2.85 bits per heavy atom. The molecule has 0 aliphatic carbocycles. The number of carbonyl (C=O) groups excluding carboxylic acids is 2. The molecule has 1 aromatic rings. The molecule has 0 radical (unpaired) electrons. The van der Waals surface area contributed by atoms with Crippen LogP contribution in [0.4, 0.5) is 4.79 Å². The first-order valence-electron chi connectivity index (χ1n) is 8.22. The SMILES string of the molecule is CC(C)(C)OC(=O)N1CCOC(COC(C#N)C(=O)c2ccnnc2)C1. The van der Waals surface area contributed by atoms with Crippen molar-refractivity contribution in [2.24, 2.45) is 0 Å². The molecule has 1 aliphatic rings. The maximum Gasteiger partial charge on any atom is 0.410 e. The number of nitrogens with zero attached hydrogens (tertiary/aromatic N) is 4. The Morgan fingerprint density at radius 2 is 2.23 bits per heavy atom. The predicted molar refractivity (Wildman–Crippen MR) is 89.3 cm³/mol. The first-order chi connectivity index (χ1) is 12.3. The fraction of sp³-hybridized carbons (Fsp3) is 0.588. The van der Waals surface area contributed by atoms with E-state index in [0.717, 1.165) is 0 Å². The second-order valence-corrected chi connectivity index (χ2v) is 6.76. The standard InChI is InChI=1S/C17H22N4O5/c1-17(2,3)26-16(23)21-6-7-24-13(10-21)11-25-14(8-18)15(22)12-4-5-19-20-9-12/h4-5,9,13-14H,6-7,10-11H2,1-3H3. The van der Waals surface area contributed by atoms with E-state index >= 15 is 0 Å². The van der Waals surface area contributed by atoms with Crippen molar-refractivity contribution in [3.63, 3.8) is 0 Å². The lowest BCUT2D eigenvalue weighted by atomic mass is 10.1. The van der Waals surface area contributed by atoms with Gasteiger partial charge in [-0.05, 0) is 26.8 Å². The molecule has 1 aliphatic heterocycles. The number of aromatic nitrogens is 2. The molecule has 2 rings (SSSR count). The predicted octanol–water partition coefficient (Wildman–Crippen LogP) is 1.20. The number of hydrogen-bond acceptors (Lipinski definition) is 8. The fourth-order valence-electron chi connectivity index (χ4n) is 2.28. The van der Waals surface area contributed by atoms with Crippen LogP contribution < -0.4 is 0 Å². The highest BCUT2D eigenvalue weighted by Crippen LogP contribution is 2.14. The van der Waals surface area contributed by atoms with Crippen LogP contribution in [0.2, 0.25) is 0 Å². The molecule has 0 saturated carbocycles. The van der Waals surface area contributed by atoms with E-state index in [9.17, 15) is 14.9 Å². The van der Waals surface area contributed by atoms with Gasteiger partial charge in [-0.15, -0.1) is 0 Å². The summed E-state index contributed by atoms with van der Waals surface area (Å²) in [7, 11) is 0. The maximum absolute atomic E-state index is 12.2. The van der Waals surface area contributed by atoms with Crippen molar-refractivity contribution in [2.75, 3.05) is 26.3 Å². The van der Waals surface area contributed by atoms with Crippen LogP contribution in [0, 0.1) is 11.3 Å². The Labute approximate surface area is 151 Å². The summed E-state index contributed by atoms with van der Waals surface area (Å²) in [4.78, 5) is 25.9. The molecule has 2 unspecified atom stereocenters. The van der Waals surface area contributed by atoms with Gasteiger partial charge in [0.15, 0.2) is 0 Å². The summed E-state index contributed by atoms with van der Waals surface area (Å²) in [6.07, 6.45) is 0.485. The first-order valence-corrected chi connectivity index (χ1v) is 8.22. The van der Waals surface area contributed by atoms with Crippen LogP contribution in [-0.2, 0) is 14.2 Å². The van der Waals surface area contributed by atoms with Gasteiger partial charge >= 0.3 is 6.09 Å². The molecule has 1 aromatic heterocycles. The van der Waals surface area contributed by atoms with E-state index in [1.165, 1.54) is 23.4 Å². The average molecular weight is 362 g/mol. The van der Waals surface area contributed by atoms with E-state index in [1.807, 2.05) is 6.07 Å². The summed E-state index contributed by atoms with van der Waals surface area (Å²) < 4.78 is 16.3. The Balaban J connectivity index is 1.88. The van der Waals surface area contributed by atoms with Gasteiger partial charge in [0.1, 0.15) is 11.7 Å². The lowest BCUT2D eigenvalue weighted by Gasteiger charge is -2.34. The van der Waals surface area contributed by atoms with Crippen molar-refractivity contribution < 1.29 is 23.8 Å². The smallest absolute Gasteiger partial charge is 0.410 e.